The van der Waals surface area contributed by atoms with Crippen molar-refractivity contribution in [2.24, 2.45) is 0 Å². The van der Waals surface area contributed by atoms with Gasteiger partial charge in [-0.05, 0) is 82.9 Å². The molecule has 2 rings (SSSR count). The van der Waals surface area contributed by atoms with E-state index in [-0.39, 0.29) is 11.9 Å². The molecule has 1 fully saturated rings. The van der Waals surface area contributed by atoms with Crippen molar-refractivity contribution in [2.75, 3.05) is 19.4 Å². The van der Waals surface area contributed by atoms with Crippen LogP contribution in [0.3, 0.4) is 0 Å². The Bertz CT molecular complexity index is 759. The lowest BCUT2D eigenvalue weighted by Crippen LogP contribution is -2.39. The van der Waals surface area contributed by atoms with Crippen molar-refractivity contribution in [3.05, 3.63) is 28.8 Å². The van der Waals surface area contributed by atoms with Gasteiger partial charge in [-0.25, -0.2) is 4.79 Å². The Morgan fingerprint density at radius 1 is 1.13 bits per heavy atom. The summed E-state index contributed by atoms with van der Waals surface area (Å²) in [7, 11) is 3.84. The molecule has 31 heavy (non-hydrogen) atoms. The van der Waals surface area contributed by atoms with Gasteiger partial charge < -0.3 is 15.0 Å². The van der Waals surface area contributed by atoms with Crippen LogP contribution < -0.4 is 5.32 Å². The maximum absolute atomic E-state index is 12.8. The van der Waals surface area contributed by atoms with Crippen LogP contribution in [-0.2, 0) is 9.53 Å². The lowest BCUT2D eigenvalue weighted by atomic mass is 9.78. The monoisotopic (exact) mass is 430 g/mol. The average molecular weight is 431 g/mol. The Balaban J connectivity index is 2.13. The van der Waals surface area contributed by atoms with Crippen LogP contribution >= 0.6 is 0 Å². The summed E-state index contributed by atoms with van der Waals surface area (Å²) in [6.07, 6.45) is 7.93. The summed E-state index contributed by atoms with van der Waals surface area (Å²) in [5.74, 6) is 0.366. The zero-order chi connectivity index (χ0) is 23.2. The van der Waals surface area contributed by atoms with Crippen LogP contribution in [0.15, 0.2) is 12.1 Å². The number of nitrogens with one attached hydrogen (secondary N) is 1. The van der Waals surface area contributed by atoms with Crippen molar-refractivity contribution in [1.82, 2.24) is 4.90 Å². The predicted molar refractivity (Wildman–Crippen MR) is 128 cm³/mol. The third kappa shape index (κ3) is 6.72. The van der Waals surface area contributed by atoms with E-state index < -0.39 is 5.60 Å². The van der Waals surface area contributed by atoms with Gasteiger partial charge >= 0.3 is 5.97 Å². The molecule has 174 valence electrons. The number of esters is 1. The first-order valence-corrected chi connectivity index (χ1v) is 11.9. The third-order valence-corrected chi connectivity index (χ3v) is 6.37. The summed E-state index contributed by atoms with van der Waals surface area (Å²) >= 11 is 0. The van der Waals surface area contributed by atoms with Gasteiger partial charge in [-0.3, -0.25) is 4.79 Å². The highest BCUT2D eigenvalue weighted by molar-refractivity contribution is 5.97. The van der Waals surface area contributed by atoms with Gasteiger partial charge in [0, 0.05) is 26.6 Å². The minimum atomic E-state index is -0.528. The molecular weight excluding hydrogens is 388 g/mol. The normalized spacial score (nSPS) is 19.1. The first-order valence-electron chi connectivity index (χ1n) is 11.9. The van der Waals surface area contributed by atoms with Gasteiger partial charge in [0.05, 0.1) is 11.3 Å². The third-order valence-electron chi connectivity index (χ3n) is 6.37. The number of carbonyl (C=O) groups is 2. The van der Waals surface area contributed by atoms with Crippen molar-refractivity contribution in [2.45, 2.75) is 104 Å². The van der Waals surface area contributed by atoms with Crippen LogP contribution in [0.2, 0.25) is 0 Å². The molecule has 0 saturated heterocycles. The summed E-state index contributed by atoms with van der Waals surface area (Å²) in [4.78, 5) is 27.3. The fraction of sp³-hybridized carbons (Fsp3) is 0.692. The lowest BCUT2D eigenvalue weighted by Gasteiger charge is -2.36. The zero-order valence-corrected chi connectivity index (χ0v) is 20.6. The summed E-state index contributed by atoms with van der Waals surface area (Å²) in [5, 5.41) is 3.28. The van der Waals surface area contributed by atoms with E-state index in [1.807, 2.05) is 51.9 Å². The van der Waals surface area contributed by atoms with E-state index in [1.165, 1.54) is 11.1 Å². The number of hydrogen-bond acceptors (Lipinski definition) is 4. The molecule has 5 heteroatoms. The molecular formula is C26H42N2O3. The summed E-state index contributed by atoms with van der Waals surface area (Å²) in [5.41, 5.74) is 3.38. The minimum absolute atomic E-state index is 0.274. The van der Waals surface area contributed by atoms with Crippen LogP contribution in [-0.4, -0.2) is 42.5 Å². The molecule has 0 atom stereocenters. The zero-order valence-electron chi connectivity index (χ0n) is 20.6. The molecule has 0 aromatic heterocycles. The number of unbranched alkanes of at least 4 members (excludes halogenated alkanes) is 2. The summed E-state index contributed by atoms with van der Waals surface area (Å²) in [6, 6.07) is 4.22. The highest BCUT2D eigenvalue weighted by atomic mass is 16.6. The maximum Gasteiger partial charge on any atom is 0.340 e. The summed E-state index contributed by atoms with van der Waals surface area (Å²) in [6.45, 7) is 9.94. The van der Waals surface area contributed by atoms with Crippen LogP contribution in [0.25, 0.3) is 0 Å². The van der Waals surface area contributed by atoms with Gasteiger partial charge in [0.25, 0.3) is 0 Å². The second-order valence-corrected chi connectivity index (χ2v) is 9.94. The van der Waals surface area contributed by atoms with Crippen molar-refractivity contribution < 1.29 is 14.3 Å². The van der Waals surface area contributed by atoms with E-state index in [4.69, 9.17) is 4.74 Å². The predicted octanol–water partition coefficient (Wildman–Crippen LogP) is 6.06. The van der Waals surface area contributed by atoms with Gasteiger partial charge in [-0.1, -0.05) is 25.8 Å². The van der Waals surface area contributed by atoms with Crippen LogP contribution in [0.1, 0.15) is 106 Å². The Hall–Kier alpha value is -2.04. The molecule has 1 aromatic rings. The molecule has 1 aliphatic carbocycles. The van der Waals surface area contributed by atoms with E-state index in [2.05, 4.69) is 19.2 Å². The topological polar surface area (TPSA) is 58.6 Å². The van der Waals surface area contributed by atoms with E-state index >= 15 is 0 Å². The van der Waals surface area contributed by atoms with Crippen LogP contribution in [0, 0.1) is 6.92 Å². The van der Waals surface area contributed by atoms with Gasteiger partial charge in [0.2, 0.25) is 5.91 Å². The largest absolute Gasteiger partial charge is 0.456 e. The van der Waals surface area contributed by atoms with Gasteiger partial charge in [-0.2, -0.15) is 0 Å². The van der Waals surface area contributed by atoms with E-state index in [0.717, 1.165) is 50.6 Å². The minimum Gasteiger partial charge on any atom is -0.456 e. The molecule has 1 amide bonds. The molecule has 0 aliphatic heterocycles. The first-order chi connectivity index (χ1) is 14.6. The smallest absolute Gasteiger partial charge is 0.340 e. The molecule has 1 aliphatic rings. The molecule has 0 radical (unpaired) electrons. The van der Waals surface area contributed by atoms with E-state index in [9.17, 15) is 9.59 Å². The SMILES string of the molecule is CCCCCC(=O)N(C)C1CCC(c2c(C)ccc(C(=O)OC(C)(C)C)c2NC)CC1. The molecule has 0 unspecified atom stereocenters. The lowest BCUT2D eigenvalue weighted by molar-refractivity contribution is -0.132. The molecule has 0 bridgehead atoms. The van der Waals surface area contributed by atoms with Crippen molar-refractivity contribution in [3.63, 3.8) is 0 Å². The average Bonchev–Trinajstić information content (AvgIpc) is 2.71. The van der Waals surface area contributed by atoms with Crippen molar-refractivity contribution in [3.8, 4) is 0 Å². The maximum atomic E-state index is 12.8. The number of hydrogen-bond donors (Lipinski definition) is 1. The Kier molecular flexibility index (Phi) is 8.96. The first kappa shape index (κ1) is 25.2. The highest BCUT2D eigenvalue weighted by Crippen LogP contribution is 2.41. The van der Waals surface area contributed by atoms with Gasteiger partial charge in [-0.15, -0.1) is 0 Å². The quantitative estimate of drug-likeness (QED) is 0.402. The number of nitrogens with zero attached hydrogens (tertiary/aromatic N) is 1. The molecule has 1 saturated carbocycles. The van der Waals surface area contributed by atoms with Crippen LogP contribution in [0.5, 0.6) is 0 Å². The molecule has 0 heterocycles. The number of ether oxygens (including phenoxy) is 1. The number of benzene rings is 1. The Morgan fingerprint density at radius 2 is 1.77 bits per heavy atom. The molecule has 1 N–H and O–H groups in total. The second kappa shape index (κ2) is 11.0. The molecule has 0 spiro atoms. The van der Waals surface area contributed by atoms with Crippen molar-refractivity contribution >= 4 is 17.6 Å². The van der Waals surface area contributed by atoms with Crippen molar-refractivity contribution in [1.29, 1.82) is 0 Å². The fourth-order valence-electron chi connectivity index (χ4n) is 4.68. The Labute approximate surface area is 188 Å². The van der Waals surface area contributed by atoms with E-state index in [0.29, 0.717) is 23.9 Å². The number of anilines is 1. The second-order valence-electron chi connectivity index (χ2n) is 9.94. The van der Waals surface area contributed by atoms with E-state index in [1.54, 1.807) is 0 Å². The number of aryl methyl sites for hydroxylation is 1. The fourth-order valence-corrected chi connectivity index (χ4v) is 4.68. The number of amides is 1. The van der Waals surface area contributed by atoms with Gasteiger partial charge in [0.15, 0.2) is 0 Å². The Morgan fingerprint density at radius 3 is 2.32 bits per heavy atom. The molecule has 5 nitrogen and oxygen atoms in total. The summed E-state index contributed by atoms with van der Waals surface area (Å²) < 4.78 is 5.64. The standard InChI is InChI=1S/C26H42N2O3/c1-8-9-10-11-22(29)28(7)20-15-13-19(14-16-20)23-18(2)12-17-21(24(23)27-6)25(30)31-26(3,4)5/h12,17,19-20,27H,8-11,13-16H2,1-7H3. The number of rotatable bonds is 8. The van der Waals surface area contributed by atoms with Gasteiger partial charge in [0.1, 0.15) is 5.60 Å². The van der Waals surface area contributed by atoms with Crippen LogP contribution in [0.4, 0.5) is 5.69 Å². The molecule has 1 aromatic carbocycles. The highest BCUT2D eigenvalue weighted by Gasteiger charge is 2.31. The number of carbonyl (C=O) groups excluding carboxylic acids is 2.